The van der Waals surface area contributed by atoms with E-state index >= 15 is 0 Å². The number of aromatic nitrogens is 1. The summed E-state index contributed by atoms with van der Waals surface area (Å²) in [4.78, 5) is 39.7. The Morgan fingerprint density at radius 1 is 0.979 bits per heavy atom. The van der Waals surface area contributed by atoms with Gasteiger partial charge in [0, 0.05) is 37.3 Å². The fourth-order valence-electron chi connectivity index (χ4n) is 6.48. The number of methoxy groups -OCH3 is 3. The Balaban J connectivity index is 1.49. The van der Waals surface area contributed by atoms with Crippen molar-refractivity contribution in [2.24, 2.45) is 5.92 Å². The molecule has 4 aromatic rings. The quantitative estimate of drug-likeness (QED) is 0.188. The highest BCUT2D eigenvalue weighted by molar-refractivity contribution is 5.86. The van der Waals surface area contributed by atoms with Crippen LogP contribution in [0.3, 0.4) is 0 Å². The van der Waals surface area contributed by atoms with Gasteiger partial charge in [-0.3, -0.25) is 14.4 Å². The molecule has 10 nitrogen and oxygen atoms in total. The second kappa shape index (κ2) is 14.6. The SMILES string of the molecule is COc1cc2c(c(OC)c1OC)-c1ccc(N[C@H](CC(C)C)C(=O)NCCn3ccc4ccccc43)c(=O)cc1[C@H](NC(C)=O)CC2. The summed E-state index contributed by atoms with van der Waals surface area (Å²) in [6, 6.07) is 16.2. The minimum Gasteiger partial charge on any atom is -0.493 e. The zero-order valence-electron chi connectivity index (χ0n) is 27.9. The summed E-state index contributed by atoms with van der Waals surface area (Å²) in [5.74, 6) is 1.26. The molecule has 3 aromatic carbocycles. The number of ether oxygens (including phenoxy) is 3. The van der Waals surface area contributed by atoms with E-state index in [1.54, 1.807) is 33.5 Å². The number of carbonyl (C=O) groups is 2. The molecule has 0 spiro atoms. The van der Waals surface area contributed by atoms with Gasteiger partial charge in [0.1, 0.15) is 6.04 Å². The Morgan fingerprint density at radius 2 is 1.74 bits per heavy atom. The highest BCUT2D eigenvalue weighted by Crippen LogP contribution is 2.50. The van der Waals surface area contributed by atoms with Gasteiger partial charge >= 0.3 is 0 Å². The number of benzene rings is 2. The Morgan fingerprint density at radius 3 is 2.45 bits per heavy atom. The summed E-state index contributed by atoms with van der Waals surface area (Å²) in [5, 5.41) is 10.5. The lowest BCUT2D eigenvalue weighted by molar-refractivity contribution is -0.122. The number of carbonyl (C=O) groups excluding carboxylic acids is 2. The lowest BCUT2D eigenvalue weighted by Gasteiger charge is -2.21. The monoisotopic (exact) mass is 640 g/mol. The second-order valence-electron chi connectivity index (χ2n) is 12.3. The van der Waals surface area contributed by atoms with E-state index in [1.165, 1.54) is 6.92 Å². The van der Waals surface area contributed by atoms with Crippen molar-refractivity contribution in [3.8, 4) is 28.4 Å². The van der Waals surface area contributed by atoms with Gasteiger partial charge in [-0.05, 0) is 77.6 Å². The first-order valence-electron chi connectivity index (χ1n) is 16.0. The fourth-order valence-corrected chi connectivity index (χ4v) is 6.48. The summed E-state index contributed by atoms with van der Waals surface area (Å²) in [6.45, 7) is 6.61. The molecular weight excluding hydrogens is 596 g/mol. The molecule has 47 heavy (non-hydrogen) atoms. The van der Waals surface area contributed by atoms with Crippen molar-refractivity contribution in [1.82, 2.24) is 15.2 Å². The predicted molar refractivity (Wildman–Crippen MR) is 184 cm³/mol. The topological polar surface area (TPSA) is 120 Å². The molecule has 248 valence electrons. The van der Waals surface area contributed by atoms with Crippen molar-refractivity contribution >= 4 is 28.4 Å². The molecule has 0 unspecified atom stereocenters. The molecule has 3 N–H and O–H groups in total. The van der Waals surface area contributed by atoms with Crippen LogP contribution in [0.15, 0.2) is 65.6 Å². The molecule has 0 radical (unpaired) electrons. The first-order valence-corrected chi connectivity index (χ1v) is 16.0. The van der Waals surface area contributed by atoms with Crippen molar-refractivity contribution in [2.75, 3.05) is 33.2 Å². The lowest BCUT2D eigenvalue weighted by Crippen LogP contribution is -2.42. The summed E-state index contributed by atoms with van der Waals surface area (Å²) >= 11 is 0. The average Bonchev–Trinajstić information content (AvgIpc) is 3.32. The van der Waals surface area contributed by atoms with Crippen LogP contribution < -0.4 is 35.6 Å². The minimum atomic E-state index is -0.636. The van der Waals surface area contributed by atoms with E-state index in [0.717, 1.165) is 27.6 Å². The molecule has 1 heterocycles. The zero-order valence-corrected chi connectivity index (χ0v) is 27.9. The van der Waals surface area contributed by atoms with E-state index in [0.29, 0.717) is 55.2 Å². The number of aryl methyl sites for hydroxylation is 1. The number of hydrogen-bond acceptors (Lipinski definition) is 7. The molecule has 2 amide bonds. The standard InChI is InChI=1S/C37H44N4O6/c1-22(2)19-30(37(44)38-16-18-41-17-15-24-9-7-8-10-31(24)41)40-29-14-12-26-27(21-32(29)43)28(39-23(3)42)13-11-25-20-33(45-4)35(46-5)36(47-6)34(25)26/h7-10,12,14-15,17,20-22,28,30H,11,13,16,18-19H2,1-6H3,(H,38,44)(H,39,42)(H,40,43)/t28-,30-/m1/s1. The molecule has 2 atom stereocenters. The Kier molecular flexibility index (Phi) is 10.4. The van der Waals surface area contributed by atoms with Crippen molar-refractivity contribution in [3.05, 3.63) is 82.1 Å². The number of fused-ring (bicyclic) bond motifs is 4. The van der Waals surface area contributed by atoms with Crippen molar-refractivity contribution in [2.45, 2.75) is 58.7 Å². The number of anilines is 1. The molecule has 0 saturated heterocycles. The van der Waals surface area contributed by atoms with Crippen LogP contribution in [0.1, 0.15) is 50.8 Å². The van der Waals surface area contributed by atoms with Crippen LogP contribution in [-0.2, 0) is 22.6 Å². The van der Waals surface area contributed by atoms with E-state index in [-0.39, 0.29) is 28.8 Å². The number of para-hydroxylation sites is 1. The molecule has 10 heteroatoms. The molecule has 5 rings (SSSR count). The van der Waals surface area contributed by atoms with Gasteiger partial charge in [-0.2, -0.15) is 0 Å². The molecule has 1 aliphatic carbocycles. The highest BCUT2D eigenvalue weighted by atomic mass is 16.5. The maximum absolute atomic E-state index is 13.9. The first kappa shape index (κ1) is 33.4. The summed E-state index contributed by atoms with van der Waals surface area (Å²) in [7, 11) is 4.69. The maximum Gasteiger partial charge on any atom is 0.242 e. The molecule has 1 aromatic heterocycles. The summed E-state index contributed by atoms with van der Waals surface area (Å²) in [6.07, 6.45) is 3.70. The van der Waals surface area contributed by atoms with E-state index in [1.807, 2.05) is 44.3 Å². The molecule has 0 aliphatic heterocycles. The van der Waals surface area contributed by atoms with Crippen LogP contribution in [-0.4, -0.2) is 50.3 Å². The van der Waals surface area contributed by atoms with Gasteiger partial charge in [0.2, 0.25) is 23.0 Å². The zero-order chi connectivity index (χ0) is 33.7. The molecule has 1 aliphatic rings. The predicted octanol–water partition coefficient (Wildman–Crippen LogP) is 5.46. The van der Waals surface area contributed by atoms with Crippen LogP contribution in [0.4, 0.5) is 5.69 Å². The normalized spacial score (nSPS) is 14.4. The fraction of sp³-hybridized carbons (Fsp3) is 0.378. The van der Waals surface area contributed by atoms with E-state index in [2.05, 4.69) is 38.7 Å². The average molecular weight is 641 g/mol. The third-order valence-corrected chi connectivity index (χ3v) is 8.60. The van der Waals surface area contributed by atoms with Gasteiger partial charge in [-0.25, -0.2) is 0 Å². The summed E-state index contributed by atoms with van der Waals surface area (Å²) < 4.78 is 19.3. The number of nitrogens with zero attached hydrogens (tertiary/aromatic N) is 1. The molecule has 0 bridgehead atoms. The van der Waals surface area contributed by atoms with E-state index in [4.69, 9.17) is 14.2 Å². The molecular formula is C37H44N4O6. The second-order valence-corrected chi connectivity index (χ2v) is 12.3. The van der Waals surface area contributed by atoms with Gasteiger partial charge in [-0.15, -0.1) is 0 Å². The number of amides is 2. The van der Waals surface area contributed by atoms with Gasteiger partial charge in [0.05, 0.1) is 33.1 Å². The third-order valence-electron chi connectivity index (χ3n) is 8.60. The Bertz CT molecular complexity index is 1830. The number of nitrogens with one attached hydrogen (secondary N) is 3. The van der Waals surface area contributed by atoms with Crippen LogP contribution in [0.5, 0.6) is 17.2 Å². The maximum atomic E-state index is 13.9. The lowest BCUT2D eigenvalue weighted by atomic mass is 9.95. The largest absolute Gasteiger partial charge is 0.493 e. The van der Waals surface area contributed by atoms with Gasteiger partial charge in [-0.1, -0.05) is 38.1 Å². The Hall–Kier alpha value is -4.99. The van der Waals surface area contributed by atoms with Crippen LogP contribution in [0.2, 0.25) is 0 Å². The van der Waals surface area contributed by atoms with Gasteiger partial charge in [0.25, 0.3) is 0 Å². The van der Waals surface area contributed by atoms with Crippen molar-refractivity contribution < 1.29 is 23.8 Å². The number of rotatable bonds is 12. The van der Waals surface area contributed by atoms with E-state index < -0.39 is 12.1 Å². The molecule has 0 saturated carbocycles. The van der Waals surface area contributed by atoms with E-state index in [9.17, 15) is 14.4 Å². The highest BCUT2D eigenvalue weighted by Gasteiger charge is 2.30. The van der Waals surface area contributed by atoms with Crippen molar-refractivity contribution in [3.63, 3.8) is 0 Å². The first-order chi connectivity index (χ1) is 22.6. The van der Waals surface area contributed by atoms with Crippen LogP contribution in [0, 0.1) is 5.92 Å². The van der Waals surface area contributed by atoms with Crippen LogP contribution >= 0.6 is 0 Å². The minimum absolute atomic E-state index is 0.178. The van der Waals surface area contributed by atoms with Gasteiger partial charge < -0.3 is 34.7 Å². The smallest absolute Gasteiger partial charge is 0.242 e. The van der Waals surface area contributed by atoms with Crippen molar-refractivity contribution in [1.29, 1.82) is 0 Å². The van der Waals surface area contributed by atoms with Gasteiger partial charge in [0.15, 0.2) is 11.5 Å². The summed E-state index contributed by atoms with van der Waals surface area (Å²) in [5.41, 5.74) is 4.20. The Labute approximate surface area is 275 Å². The molecule has 0 fully saturated rings. The van der Waals surface area contributed by atoms with Crippen LogP contribution in [0.25, 0.3) is 22.0 Å². The third kappa shape index (κ3) is 7.21. The number of hydrogen-bond donors (Lipinski definition) is 3.